The largest absolute Gasteiger partial charge is 0.471 e. The third kappa shape index (κ3) is 4.98. The van der Waals surface area contributed by atoms with Gasteiger partial charge in [-0.3, -0.25) is 0 Å². The van der Waals surface area contributed by atoms with Gasteiger partial charge in [0.15, 0.2) is 5.82 Å². The Morgan fingerprint density at radius 2 is 1.71 bits per heavy atom. The lowest BCUT2D eigenvalue weighted by atomic mass is 10.2. The van der Waals surface area contributed by atoms with Gasteiger partial charge in [0.05, 0.1) is 0 Å². The zero-order valence-electron chi connectivity index (χ0n) is 12.6. The fraction of sp³-hybridized carbons (Fsp3) is 0.0667. The summed E-state index contributed by atoms with van der Waals surface area (Å²) in [5.74, 6) is -0.178. The fourth-order valence-electron chi connectivity index (χ4n) is 1.63. The smallest absolute Gasteiger partial charge is 0.251 e. The first-order chi connectivity index (χ1) is 11.7. The number of nitrogen functional groups attached to an aromatic ring is 2. The Balaban J connectivity index is 0.000000292. The molecule has 3 rings (SSSR count). The first-order valence-electron chi connectivity index (χ1n) is 6.83. The van der Waals surface area contributed by atoms with Crippen molar-refractivity contribution in [3.8, 4) is 5.88 Å². The maximum absolute atomic E-state index is 10.6. The van der Waals surface area contributed by atoms with E-state index in [-0.39, 0.29) is 29.9 Å². The Bertz CT molecular complexity index is 743. The lowest BCUT2D eigenvalue weighted by Gasteiger charge is -2.08. The number of nitrogens with zero attached hydrogens (tertiary/aromatic N) is 5. The summed E-state index contributed by atoms with van der Waals surface area (Å²) in [5, 5.41) is 2.74. The summed E-state index contributed by atoms with van der Waals surface area (Å²) in [5.41, 5.74) is 11.7. The van der Waals surface area contributed by atoms with Crippen LogP contribution in [0.15, 0.2) is 60.3 Å². The van der Waals surface area contributed by atoms with Crippen molar-refractivity contribution >= 4 is 17.5 Å². The lowest BCUT2D eigenvalue weighted by molar-refractivity contribution is 0.295. The van der Waals surface area contributed by atoms with Gasteiger partial charge in [0.2, 0.25) is 11.6 Å². The minimum Gasteiger partial charge on any atom is -0.471 e. The molecule has 0 saturated heterocycles. The van der Waals surface area contributed by atoms with Gasteiger partial charge >= 0.3 is 0 Å². The molecule has 0 radical (unpaired) electrons. The predicted octanol–water partition coefficient (Wildman–Crippen LogP) is 2.09. The van der Waals surface area contributed by atoms with Crippen molar-refractivity contribution < 1.29 is 4.74 Å². The van der Waals surface area contributed by atoms with Gasteiger partial charge in [-0.1, -0.05) is 30.3 Å². The second-order valence-electron chi connectivity index (χ2n) is 4.39. The van der Waals surface area contributed by atoms with E-state index < -0.39 is 0 Å². The van der Waals surface area contributed by atoms with Gasteiger partial charge in [0.25, 0.3) is 5.88 Å². The van der Waals surface area contributed by atoms with Crippen molar-refractivity contribution in [3.05, 3.63) is 65.6 Å². The molecule has 0 spiro atoms. The van der Waals surface area contributed by atoms with Crippen LogP contribution in [0.2, 0.25) is 0 Å². The molecular weight excluding hydrogens is 310 g/mol. The zero-order valence-corrected chi connectivity index (χ0v) is 12.6. The van der Waals surface area contributed by atoms with E-state index in [2.05, 4.69) is 25.1 Å². The van der Waals surface area contributed by atoms with Crippen LogP contribution in [0.1, 0.15) is 5.56 Å². The molecule has 0 amide bonds. The topological polar surface area (TPSA) is 142 Å². The standard InChI is InChI=1S/C11H11N5O2.C4H4N2/c12-9-8(16-17)10(15-11(13)14-9)18-6-7-4-2-1-3-5-7;1-2-5-4-6-3-1/h1-5H,6H2,(H4,12,13,14,15);1-4H. The molecule has 0 aliphatic rings. The maximum Gasteiger partial charge on any atom is 0.251 e. The summed E-state index contributed by atoms with van der Waals surface area (Å²) in [6, 6.07) is 11.2. The van der Waals surface area contributed by atoms with Crippen LogP contribution in [0.3, 0.4) is 0 Å². The van der Waals surface area contributed by atoms with E-state index >= 15 is 0 Å². The van der Waals surface area contributed by atoms with Crippen molar-refractivity contribution in [2.45, 2.75) is 6.61 Å². The molecular formula is C15H15N7O2. The number of ether oxygens (including phenoxy) is 1. The number of aromatic nitrogens is 4. The number of hydrogen-bond acceptors (Lipinski definition) is 9. The molecule has 0 fully saturated rings. The number of nitrogens with two attached hydrogens (primary N) is 2. The van der Waals surface area contributed by atoms with Crippen molar-refractivity contribution in [1.29, 1.82) is 0 Å². The van der Waals surface area contributed by atoms with Crippen LogP contribution >= 0.6 is 0 Å². The van der Waals surface area contributed by atoms with Crippen LogP contribution in [-0.2, 0) is 6.61 Å². The number of anilines is 2. The van der Waals surface area contributed by atoms with Crippen molar-refractivity contribution in [2.75, 3.05) is 11.5 Å². The molecule has 2 aromatic heterocycles. The van der Waals surface area contributed by atoms with E-state index in [9.17, 15) is 4.91 Å². The summed E-state index contributed by atoms with van der Waals surface area (Å²) >= 11 is 0. The summed E-state index contributed by atoms with van der Waals surface area (Å²) in [4.78, 5) is 25.4. The van der Waals surface area contributed by atoms with Crippen LogP contribution < -0.4 is 16.2 Å². The summed E-state index contributed by atoms with van der Waals surface area (Å²) in [7, 11) is 0. The highest BCUT2D eigenvalue weighted by atomic mass is 16.5. The van der Waals surface area contributed by atoms with Crippen LogP contribution in [-0.4, -0.2) is 19.9 Å². The molecule has 9 nitrogen and oxygen atoms in total. The molecule has 4 N–H and O–H groups in total. The van der Waals surface area contributed by atoms with Gasteiger partial charge in [-0.05, 0) is 16.8 Å². The molecule has 0 saturated carbocycles. The lowest BCUT2D eigenvalue weighted by Crippen LogP contribution is -2.04. The number of rotatable bonds is 4. The average Bonchev–Trinajstić information content (AvgIpc) is 2.62. The third-order valence-corrected chi connectivity index (χ3v) is 2.68. The molecule has 0 bridgehead atoms. The van der Waals surface area contributed by atoms with E-state index in [0.717, 1.165) is 5.56 Å². The number of nitroso groups, excluding NO2 is 1. The van der Waals surface area contributed by atoms with Crippen LogP contribution in [0.25, 0.3) is 0 Å². The Hall–Kier alpha value is -3.62. The summed E-state index contributed by atoms with van der Waals surface area (Å²) in [6.07, 6.45) is 4.88. The maximum atomic E-state index is 10.6. The minimum absolute atomic E-state index is 0.0150. The Labute approximate surface area is 137 Å². The first kappa shape index (κ1) is 16.7. The van der Waals surface area contributed by atoms with E-state index in [1.165, 1.54) is 6.33 Å². The molecule has 0 aliphatic carbocycles. The monoisotopic (exact) mass is 325 g/mol. The van der Waals surface area contributed by atoms with Gasteiger partial charge in [-0.25, -0.2) is 9.97 Å². The molecule has 1 aromatic carbocycles. The number of hydrogen-bond donors (Lipinski definition) is 2. The molecule has 3 aromatic rings. The quantitative estimate of drug-likeness (QED) is 0.694. The van der Waals surface area contributed by atoms with Crippen molar-refractivity contribution in [1.82, 2.24) is 19.9 Å². The van der Waals surface area contributed by atoms with E-state index in [4.69, 9.17) is 16.2 Å². The Morgan fingerprint density at radius 3 is 2.25 bits per heavy atom. The van der Waals surface area contributed by atoms with Crippen LogP contribution in [0.4, 0.5) is 17.5 Å². The van der Waals surface area contributed by atoms with Gasteiger partial charge < -0.3 is 16.2 Å². The highest BCUT2D eigenvalue weighted by Gasteiger charge is 2.13. The zero-order chi connectivity index (χ0) is 17.2. The van der Waals surface area contributed by atoms with E-state index in [1.807, 2.05) is 30.3 Å². The highest BCUT2D eigenvalue weighted by Crippen LogP contribution is 2.31. The third-order valence-electron chi connectivity index (χ3n) is 2.68. The number of benzene rings is 1. The van der Waals surface area contributed by atoms with E-state index in [0.29, 0.717) is 0 Å². The molecule has 2 heterocycles. The first-order valence-corrected chi connectivity index (χ1v) is 6.83. The second kappa shape index (κ2) is 8.73. The molecule has 0 unspecified atom stereocenters. The molecule has 24 heavy (non-hydrogen) atoms. The molecule has 0 atom stereocenters. The van der Waals surface area contributed by atoms with Crippen molar-refractivity contribution in [3.63, 3.8) is 0 Å². The van der Waals surface area contributed by atoms with Gasteiger partial charge in [-0.15, -0.1) is 4.91 Å². The predicted molar refractivity (Wildman–Crippen MR) is 89.1 cm³/mol. The van der Waals surface area contributed by atoms with Crippen LogP contribution in [0, 0.1) is 4.91 Å². The summed E-state index contributed by atoms with van der Waals surface area (Å²) in [6.45, 7) is 0.235. The Morgan fingerprint density at radius 1 is 1.00 bits per heavy atom. The SMILES string of the molecule is Nc1nc(N)c(N=O)c(OCc2ccccc2)n1.c1cncnc1. The molecule has 0 aliphatic heterocycles. The summed E-state index contributed by atoms with van der Waals surface area (Å²) < 4.78 is 5.37. The molecule has 122 valence electrons. The van der Waals surface area contributed by atoms with Gasteiger partial charge in [0, 0.05) is 12.4 Å². The minimum atomic E-state index is -0.139. The van der Waals surface area contributed by atoms with Gasteiger partial charge in [0.1, 0.15) is 12.9 Å². The van der Waals surface area contributed by atoms with Gasteiger partial charge in [-0.2, -0.15) is 9.97 Å². The van der Waals surface area contributed by atoms with E-state index in [1.54, 1.807) is 18.5 Å². The normalized spacial score (nSPS) is 9.50. The van der Waals surface area contributed by atoms with Crippen LogP contribution in [0.5, 0.6) is 5.88 Å². The Kier molecular flexibility index (Phi) is 6.09. The average molecular weight is 325 g/mol. The highest BCUT2D eigenvalue weighted by molar-refractivity contribution is 5.65. The van der Waals surface area contributed by atoms with Crippen molar-refractivity contribution in [2.24, 2.45) is 5.18 Å². The second-order valence-corrected chi connectivity index (χ2v) is 4.39. The fourth-order valence-corrected chi connectivity index (χ4v) is 1.63. The molecule has 9 heteroatoms.